The number of hydrogen-bond donors (Lipinski definition) is 2. The van der Waals surface area contributed by atoms with E-state index in [2.05, 4.69) is 15.6 Å². The van der Waals surface area contributed by atoms with Gasteiger partial charge in [-0.25, -0.2) is 9.37 Å². The van der Waals surface area contributed by atoms with Crippen molar-refractivity contribution >= 4 is 28.7 Å². The summed E-state index contributed by atoms with van der Waals surface area (Å²) in [7, 11) is 0. The number of carbonyl (C=O) groups is 2. The lowest BCUT2D eigenvalue weighted by Gasteiger charge is -2.12. The van der Waals surface area contributed by atoms with Crippen molar-refractivity contribution in [1.82, 2.24) is 10.3 Å². The summed E-state index contributed by atoms with van der Waals surface area (Å²) < 4.78 is 51.0. The van der Waals surface area contributed by atoms with E-state index in [9.17, 15) is 27.2 Å². The summed E-state index contributed by atoms with van der Waals surface area (Å²) in [6.45, 7) is 2.38. The van der Waals surface area contributed by atoms with E-state index in [-0.39, 0.29) is 24.2 Å². The molecule has 0 saturated heterocycles. The zero-order chi connectivity index (χ0) is 24.7. The minimum atomic E-state index is -4.39. The summed E-state index contributed by atoms with van der Waals surface area (Å²) in [5.41, 5.74) is 1.25. The first kappa shape index (κ1) is 25.4. The van der Waals surface area contributed by atoms with Crippen LogP contribution in [0.1, 0.15) is 38.5 Å². The summed E-state index contributed by atoms with van der Waals surface area (Å²) in [5.74, 6) is -1.01. The van der Waals surface area contributed by atoms with Crippen molar-refractivity contribution < 1.29 is 27.2 Å². The minimum absolute atomic E-state index is 0.254. The smallest absolute Gasteiger partial charge is 0.361 e. The average Bonchev–Trinajstić information content (AvgIpc) is 3.18. The molecule has 0 bridgehead atoms. The largest absolute Gasteiger partial charge is 0.416 e. The maximum atomic E-state index is 13.0. The number of aromatic nitrogens is 1. The second kappa shape index (κ2) is 11.2. The van der Waals surface area contributed by atoms with E-state index in [1.165, 1.54) is 35.6 Å². The highest BCUT2D eigenvalue weighted by molar-refractivity contribution is 7.17. The monoisotopic (exact) mass is 493 g/mol. The van der Waals surface area contributed by atoms with Crippen LogP contribution < -0.4 is 10.6 Å². The third kappa shape index (κ3) is 7.11. The van der Waals surface area contributed by atoms with Gasteiger partial charge in [0.2, 0.25) is 0 Å². The molecule has 2 N–H and O–H groups in total. The molecule has 2 aromatic carbocycles. The van der Waals surface area contributed by atoms with Gasteiger partial charge in [0, 0.05) is 19.0 Å². The first-order valence-corrected chi connectivity index (χ1v) is 11.3. The number of hydrogen-bond acceptors (Lipinski definition) is 5. The Kier molecular flexibility index (Phi) is 8.38. The van der Waals surface area contributed by atoms with Crippen molar-refractivity contribution in [2.75, 3.05) is 11.9 Å². The van der Waals surface area contributed by atoms with Crippen molar-refractivity contribution in [3.63, 3.8) is 0 Å². The van der Waals surface area contributed by atoms with Gasteiger partial charge in [0.1, 0.15) is 17.0 Å². The van der Waals surface area contributed by atoms with Crippen LogP contribution in [0.15, 0.2) is 48.5 Å². The molecule has 0 radical (unpaired) electrons. The third-order valence-corrected chi connectivity index (χ3v) is 6.25. The van der Waals surface area contributed by atoms with Crippen LogP contribution in [0.3, 0.4) is 0 Å². The highest BCUT2D eigenvalue weighted by Gasteiger charge is 2.30. The van der Waals surface area contributed by atoms with Gasteiger partial charge in [-0.15, -0.1) is 0 Å². The predicted octanol–water partition coefficient (Wildman–Crippen LogP) is 5.40. The van der Waals surface area contributed by atoms with Gasteiger partial charge in [-0.3, -0.25) is 4.79 Å². The lowest BCUT2D eigenvalue weighted by molar-refractivity contribution is -0.137. The lowest BCUT2D eigenvalue weighted by Crippen LogP contribution is -2.22. The van der Waals surface area contributed by atoms with Crippen LogP contribution in [0.25, 0.3) is 0 Å². The molecular formula is C24H23F4N3O2S. The van der Waals surface area contributed by atoms with Crippen molar-refractivity contribution in [2.45, 2.75) is 32.5 Å². The minimum Gasteiger partial charge on any atom is -0.361 e. The van der Waals surface area contributed by atoms with E-state index in [4.69, 9.17) is 0 Å². The number of alkyl halides is 3. The van der Waals surface area contributed by atoms with Crippen LogP contribution in [0.2, 0.25) is 0 Å². The average molecular weight is 494 g/mol. The molecule has 1 heterocycles. The van der Waals surface area contributed by atoms with Crippen LogP contribution >= 0.6 is 11.3 Å². The van der Waals surface area contributed by atoms with Crippen molar-refractivity contribution in [3.8, 4) is 0 Å². The zero-order valence-electron chi connectivity index (χ0n) is 18.3. The molecule has 1 unspecified atom stereocenters. The first-order valence-electron chi connectivity index (χ1n) is 10.5. The Hall–Kier alpha value is -3.27. The van der Waals surface area contributed by atoms with Gasteiger partial charge in [0.15, 0.2) is 5.13 Å². The van der Waals surface area contributed by atoms with Gasteiger partial charge in [-0.05, 0) is 55.2 Å². The normalized spacial score (nSPS) is 12.3. The fourth-order valence-corrected chi connectivity index (χ4v) is 4.17. The molecular weight excluding hydrogens is 470 g/mol. The van der Waals surface area contributed by atoms with Gasteiger partial charge >= 0.3 is 6.18 Å². The molecule has 10 heteroatoms. The number of nitrogens with one attached hydrogen (secondary N) is 2. The maximum absolute atomic E-state index is 13.0. The van der Waals surface area contributed by atoms with Crippen molar-refractivity contribution in [2.24, 2.45) is 5.92 Å². The highest BCUT2D eigenvalue weighted by Crippen LogP contribution is 2.29. The van der Waals surface area contributed by atoms with Crippen LogP contribution in [-0.2, 0) is 23.9 Å². The van der Waals surface area contributed by atoms with Crippen molar-refractivity contribution in [1.29, 1.82) is 0 Å². The van der Waals surface area contributed by atoms with Crippen LogP contribution in [0, 0.1) is 18.7 Å². The summed E-state index contributed by atoms with van der Waals surface area (Å²) in [5, 5.41) is 6.41. The summed E-state index contributed by atoms with van der Waals surface area (Å²) >= 11 is 1.18. The standard InChI is InChI=1S/C24H23F4N3O2S/c1-15-21(22(33)30-13-17-4-8-20(25)9-5-17)34-23(31-15)29-11-10-18(14-32)12-16-2-6-19(7-3-16)24(26,27)28/h2-9,14,18H,10-13H2,1H3,(H,29,31)(H,30,33). The van der Waals surface area contributed by atoms with E-state index < -0.39 is 11.7 Å². The third-order valence-electron chi connectivity index (χ3n) is 5.13. The summed E-state index contributed by atoms with van der Waals surface area (Å²) in [6.07, 6.45) is -2.82. The number of aldehydes is 1. The Morgan fingerprint density at radius 1 is 1.09 bits per heavy atom. The van der Waals surface area contributed by atoms with E-state index in [0.29, 0.717) is 40.7 Å². The second-order valence-corrected chi connectivity index (χ2v) is 8.75. The van der Waals surface area contributed by atoms with Crippen molar-refractivity contribution in [3.05, 3.63) is 81.6 Å². The highest BCUT2D eigenvalue weighted by atomic mass is 32.1. The molecule has 0 fully saturated rings. The first-order chi connectivity index (χ1) is 16.2. The number of carbonyl (C=O) groups excluding carboxylic acids is 2. The topological polar surface area (TPSA) is 71.1 Å². The number of halogens is 4. The van der Waals surface area contributed by atoms with Gasteiger partial charge in [0.25, 0.3) is 5.91 Å². The van der Waals surface area contributed by atoms with E-state index in [1.54, 1.807) is 19.1 Å². The number of benzene rings is 2. The zero-order valence-corrected chi connectivity index (χ0v) is 19.1. The number of anilines is 1. The quantitative estimate of drug-likeness (QED) is 0.293. The molecule has 1 atom stereocenters. The molecule has 3 aromatic rings. The Morgan fingerprint density at radius 2 is 1.74 bits per heavy atom. The Balaban J connectivity index is 1.49. The molecule has 1 amide bonds. The number of amides is 1. The van der Waals surface area contributed by atoms with Gasteiger partial charge < -0.3 is 15.4 Å². The Bertz CT molecular complexity index is 1110. The van der Waals surface area contributed by atoms with Crippen LogP contribution in [0.4, 0.5) is 22.7 Å². The van der Waals surface area contributed by atoms with Gasteiger partial charge in [0.05, 0.1) is 11.3 Å². The summed E-state index contributed by atoms with van der Waals surface area (Å²) in [6, 6.07) is 10.6. The fourth-order valence-electron chi connectivity index (χ4n) is 3.26. The molecule has 0 aliphatic carbocycles. The maximum Gasteiger partial charge on any atom is 0.416 e. The predicted molar refractivity (Wildman–Crippen MR) is 122 cm³/mol. The Labute approximate surface area is 198 Å². The van der Waals surface area contributed by atoms with Gasteiger partial charge in [-0.1, -0.05) is 35.6 Å². The summed E-state index contributed by atoms with van der Waals surface area (Å²) in [4.78, 5) is 28.7. The molecule has 180 valence electrons. The molecule has 0 saturated carbocycles. The van der Waals surface area contributed by atoms with Crippen LogP contribution in [-0.4, -0.2) is 23.7 Å². The van der Waals surface area contributed by atoms with E-state index in [1.807, 2.05) is 0 Å². The number of rotatable bonds is 10. The van der Waals surface area contributed by atoms with Gasteiger partial charge in [-0.2, -0.15) is 13.2 Å². The fraction of sp³-hybridized carbons (Fsp3) is 0.292. The second-order valence-electron chi connectivity index (χ2n) is 7.75. The molecule has 1 aromatic heterocycles. The van der Waals surface area contributed by atoms with E-state index >= 15 is 0 Å². The SMILES string of the molecule is Cc1nc(NCCC(C=O)Cc2ccc(C(F)(F)F)cc2)sc1C(=O)NCc1ccc(F)cc1. The number of aryl methyl sites for hydroxylation is 1. The number of nitrogens with zero attached hydrogens (tertiary/aromatic N) is 1. The molecule has 0 spiro atoms. The van der Waals surface area contributed by atoms with Crippen LogP contribution in [0.5, 0.6) is 0 Å². The molecule has 5 nitrogen and oxygen atoms in total. The molecule has 0 aliphatic heterocycles. The van der Waals surface area contributed by atoms with E-state index in [0.717, 1.165) is 24.0 Å². The number of thiazole rings is 1. The Morgan fingerprint density at radius 3 is 2.35 bits per heavy atom. The molecule has 34 heavy (non-hydrogen) atoms. The molecule has 0 aliphatic rings. The molecule has 3 rings (SSSR count). The lowest BCUT2D eigenvalue weighted by atomic mass is 9.97.